The Kier molecular flexibility index (Phi) is 5.46. The minimum atomic E-state index is -4.62. The molecule has 0 fully saturated rings. The maximum atomic E-state index is 7.52. The average Bonchev–Trinajstić information content (AvgIpc) is 3.22. The number of benzene rings is 4. The topological polar surface area (TPSA) is 18.5 Å². The molecule has 4 aromatic carbocycles. The maximum absolute atomic E-state index is 7.52. The Morgan fingerprint density at radius 3 is 1.31 bits per heavy atom. The van der Waals surface area contributed by atoms with Crippen molar-refractivity contribution in [1.82, 2.24) is 0 Å². The molecule has 0 aromatic heterocycles. The van der Waals surface area contributed by atoms with E-state index in [1.165, 1.54) is 11.1 Å². The van der Waals surface area contributed by atoms with Crippen molar-refractivity contribution in [3.05, 3.63) is 114 Å². The van der Waals surface area contributed by atoms with Crippen LogP contribution in [0.2, 0.25) is 0 Å². The van der Waals surface area contributed by atoms with E-state index in [1.807, 2.05) is 0 Å². The van der Waals surface area contributed by atoms with Crippen LogP contribution in [0.1, 0.15) is 52.7 Å². The second-order valence-electron chi connectivity index (χ2n) is 11.5. The molecule has 0 saturated carbocycles. The normalized spacial score (nSPS) is 17.4. The van der Waals surface area contributed by atoms with E-state index in [9.17, 15) is 0 Å². The second kappa shape index (κ2) is 8.03. The standard InChI is InChI=1S/C32H35AsO2/c1-31(2,3)24-22-28(32(4,5)6)30-29(23-24)34-33(35-30,25-16-10-7-11-17-25,26-18-12-8-13-19-26)27-20-14-9-15-21-27/h7-23H,1-6H3. The fraction of sp³-hybridized carbons (Fsp3) is 0.250. The van der Waals surface area contributed by atoms with Gasteiger partial charge in [-0.15, -0.1) is 0 Å². The molecule has 1 heterocycles. The third-order valence-electron chi connectivity index (χ3n) is 6.94. The third kappa shape index (κ3) is 3.62. The number of hydrogen-bond acceptors (Lipinski definition) is 2. The number of fused-ring (bicyclic) bond motifs is 1. The van der Waals surface area contributed by atoms with Gasteiger partial charge in [0.05, 0.1) is 0 Å². The van der Waals surface area contributed by atoms with Crippen LogP contribution in [-0.2, 0) is 10.8 Å². The van der Waals surface area contributed by atoms with Gasteiger partial charge in [0.1, 0.15) is 0 Å². The third-order valence-corrected chi connectivity index (χ3v) is 17.0. The minimum absolute atomic E-state index is 0.0187. The first-order chi connectivity index (χ1) is 16.6. The second-order valence-corrected chi connectivity index (χ2v) is 19.5. The van der Waals surface area contributed by atoms with E-state index in [4.69, 9.17) is 7.45 Å². The summed E-state index contributed by atoms with van der Waals surface area (Å²) >= 11 is -4.62. The van der Waals surface area contributed by atoms with Gasteiger partial charge in [0.15, 0.2) is 0 Å². The molecule has 4 aromatic rings. The van der Waals surface area contributed by atoms with Crippen molar-refractivity contribution in [2.75, 3.05) is 0 Å². The van der Waals surface area contributed by atoms with Gasteiger partial charge in [-0.05, 0) is 0 Å². The SMILES string of the molecule is CC(C)(C)c1cc2c(c(C(C)(C)C)c1)O[As](c1ccccc1)(c1ccccc1)(c1ccccc1)O2. The molecule has 0 saturated heterocycles. The molecule has 5 rings (SSSR count). The van der Waals surface area contributed by atoms with Crippen molar-refractivity contribution >= 4 is 26.2 Å². The van der Waals surface area contributed by atoms with E-state index in [1.54, 1.807) is 0 Å². The van der Waals surface area contributed by atoms with Crippen LogP contribution in [0, 0.1) is 0 Å². The van der Waals surface area contributed by atoms with Gasteiger partial charge in [-0.3, -0.25) is 0 Å². The van der Waals surface area contributed by atoms with E-state index in [0.717, 1.165) is 24.6 Å². The molecule has 0 unspecified atom stereocenters. The summed E-state index contributed by atoms with van der Waals surface area (Å²) in [6.45, 7) is 13.5. The summed E-state index contributed by atoms with van der Waals surface area (Å²) in [6.07, 6.45) is 0. The summed E-state index contributed by atoms with van der Waals surface area (Å²) in [5, 5.41) is 0. The first-order valence-corrected chi connectivity index (χ1v) is 16.7. The van der Waals surface area contributed by atoms with Crippen LogP contribution in [0.4, 0.5) is 0 Å². The Morgan fingerprint density at radius 2 is 0.943 bits per heavy atom. The molecule has 0 radical (unpaired) electrons. The van der Waals surface area contributed by atoms with E-state index < -0.39 is 13.1 Å². The molecule has 180 valence electrons. The monoisotopic (exact) mass is 526 g/mol. The van der Waals surface area contributed by atoms with Crippen molar-refractivity contribution in [3.8, 4) is 11.5 Å². The van der Waals surface area contributed by atoms with Gasteiger partial charge in [0.2, 0.25) is 0 Å². The van der Waals surface area contributed by atoms with Crippen molar-refractivity contribution in [3.63, 3.8) is 0 Å². The van der Waals surface area contributed by atoms with E-state index in [2.05, 4.69) is 145 Å². The van der Waals surface area contributed by atoms with Crippen LogP contribution < -0.4 is 20.5 Å². The first-order valence-electron chi connectivity index (χ1n) is 12.3. The fourth-order valence-corrected chi connectivity index (χ4v) is 15.0. The number of hydrogen-bond donors (Lipinski definition) is 0. The van der Waals surface area contributed by atoms with Gasteiger partial charge in [-0.2, -0.15) is 0 Å². The summed E-state index contributed by atoms with van der Waals surface area (Å²) in [4.78, 5) is 0. The molecule has 3 heteroatoms. The van der Waals surface area contributed by atoms with Crippen LogP contribution in [0.15, 0.2) is 103 Å². The molecular formula is C32H35AsO2. The summed E-state index contributed by atoms with van der Waals surface area (Å²) in [5.74, 6) is 1.73. The van der Waals surface area contributed by atoms with Gasteiger partial charge >= 0.3 is 212 Å². The van der Waals surface area contributed by atoms with Crippen molar-refractivity contribution < 1.29 is 7.45 Å². The van der Waals surface area contributed by atoms with E-state index in [-0.39, 0.29) is 10.8 Å². The number of rotatable bonds is 3. The van der Waals surface area contributed by atoms with Gasteiger partial charge in [0.25, 0.3) is 0 Å². The van der Waals surface area contributed by atoms with E-state index in [0.29, 0.717) is 0 Å². The predicted molar refractivity (Wildman–Crippen MR) is 149 cm³/mol. The van der Waals surface area contributed by atoms with Gasteiger partial charge in [0, 0.05) is 0 Å². The van der Waals surface area contributed by atoms with Gasteiger partial charge in [-0.1, -0.05) is 0 Å². The van der Waals surface area contributed by atoms with Crippen LogP contribution in [0.5, 0.6) is 11.5 Å². The summed E-state index contributed by atoms with van der Waals surface area (Å²) < 4.78 is 18.3. The summed E-state index contributed by atoms with van der Waals surface area (Å²) in [7, 11) is 0. The molecule has 2 nitrogen and oxygen atoms in total. The van der Waals surface area contributed by atoms with Crippen molar-refractivity contribution in [2.24, 2.45) is 0 Å². The van der Waals surface area contributed by atoms with Crippen LogP contribution >= 0.6 is 0 Å². The Balaban J connectivity index is 1.94. The summed E-state index contributed by atoms with van der Waals surface area (Å²) in [6, 6.07) is 36.3. The molecule has 0 bridgehead atoms. The summed E-state index contributed by atoms with van der Waals surface area (Å²) in [5.41, 5.74) is 2.31. The zero-order valence-corrected chi connectivity index (χ0v) is 23.5. The average molecular weight is 527 g/mol. The molecule has 0 atom stereocenters. The van der Waals surface area contributed by atoms with Crippen LogP contribution in [0.25, 0.3) is 0 Å². The van der Waals surface area contributed by atoms with Crippen LogP contribution in [0.3, 0.4) is 0 Å². The van der Waals surface area contributed by atoms with Gasteiger partial charge in [-0.25, -0.2) is 0 Å². The molecular weight excluding hydrogens is 491 g/mol. The molecule has 1 aliphatic rings. The molecule has 0 spiro atoms. The molecule has 0 aliphatic carbocycles. The van der Waals surface area contributed by atoms with Gasteiger partial charge < -0.3 is 0 Å². The Labute approximate surface area is 211 Å². The molecule has 0 N–H and O–H groups in total. The zero-order chi connectivity index (χ0) is 24.9. The first kappa shape index (κ1) is 23.8. The Hall–Kier alpha value is -2.96. The van der Waals surface area contributed by atoms with Crippen molar-refractivity contribution in [1.29, 1.82) is 0 Å². The quantitative estimate of drug-likeness (QED) is 0.297. The Morgan fingerprint density at radius 1 is 0.514 bits per heavy atom. The van der Waals surface area contributed by atoms with E-state index >= 15 is 0 Å². The molecule has 1 aliphatic heterocycles. The van der Waals surface area contributed by atoms with Crippen molar-refractivity contribution in [2.45, 2.75) is 52.4 Å². The molecule has 0 amide bonds. The molecule has 35 heavy (non-hydrogen) atoms. The van der Waals surface area contributed by atoms with Crippen LogP contribution in [-0.4, -0.2) is 13.1 Å². The zero-order valence-electron chi connectivity index (χ0n) is 21.6. The predicted octanol–water partition coefficient (Wildman–Crippen LogP) is 6.17. The fourth-order valence-electron chi connectivity index (χ4n) is 4.99. The Bertz CT molecular complexity index is 1250.